The number of pyridine rings is 1. The molecule has 1 aromatic carbocycles. The maximum absolute atomic E-state index is 15.0. The molecule has 1 aliphatic heterocycles. The van der Waals surface area contributed by atoms with Crippen LogP contribution < -0.4 is 10.9 Å². The Morgan fingerprint density at radius 2 is 1.74 bits per heavy atom. The van der Waals surface area contributed by atoms with E-state index >= 15 is 4.39 Å². The van der Waals surface area contributed by atoms with Gasteiger partial charge < -0.3 is 15.0 Å². The van der Waals surface area contributed by atoms with Crippen LogP contribution in [0.1, 0.15) is 46.6 Å². The van der Waals surface area contributed by atoms with Crippen molar-refractivity contribution in [2.75, 3.05) is 0 Å². The second-order valence-corrected chi connectivity index (χ2v) is 10.6. The summed E-state index contributed by atoms with van der Waals surface area (Å²) in [6.45, 7) is 8.66. The van der Waals surface area contributed by atoms with Gasteiger partial charge in [-0.3, -0.25) is 4.79 Å². The Hall–Kier alpha value is -3.66. The molecule has 35 heavy (non-hydrogen) atoms. The zero-order valence-corrected chi connectivity index (χ0v) is 20.4. The summed E-state index contributed by atoms with van der Waals surface area (Å²) in [7, 11) is 1.61. The third-order valence-electron chi connectivity index (χ3n) is 6.51. The van der Waals surface area contributed by atoms with Gasteiger partial charge in [-0.25, -0.2) is 9.07 Å². The van der Waals surface area contributed by atoms with Crippen LogP contribution in [0.5, 0.6) is 5.75 Å². The van der Waals surface area contributed by atoms with E-state index in [-0.39, 0.29) is 45.2 Å². The predicted octanol–water partition coefficient (Wildman–Crippen LogP) is 3.58. The number of aromatic hydroxyl groups is 1. The van der Waals surface area contributed by atoms with Gasteiger partial charge in [0.15, 0.2) is 0 Å². The van der Waals surface area contributed by atoms with Crippen LogP contribution in [-0.4, -0.2) is 45.9 Å². The summed E-state index contributed by atoms with van der Waals surface area (Å²) in [6, 6.07) is 7.17. The topological polar surface area (TPSA) is 111 Å². The van der Waals surface area contributed by atoms with Crippen LogP contribution in [0.15, 0.2) is 41.3 Å². The Morgan fingerprint density at radius 3 is 2.43 bits per heavy atom. The molecule has 0 aliphatic carbocycles. The molecular formula is C25H28FN7O2. The molecule has 0 unspecified atom stereocenters. The number of benzene rings is 1. The molecule has 10 heteroatoms. The van der Waals surface area contributed by atoms with Gasteiger partial charge >= 0.3 is 0 Å². The van der Waals surface area contributed by atoms with E-state index in [0.29, 0.717) is 16.7 Å². The summed E-state index contributed by atoms with van der Waals surface area (Å²) in [5.74, 6) is -0.763. The van der Waals surface area contributed by atoms with E-state index in [0.717, 1.165) is 12.8 Å². The monoisotopic (exact) mass is 477 g/mol. The molecule has 5 rings (SSSR count). The number of phenolic OH excluding ortho intramolecular Hbond substituents is 1. The highest BCUT2D eigenvalue weighted by Crippen LogP contribution is 2.38. The van der Waals surface area contributed by atoms with Gasteiger partial charge in [-0.05, 0) is 70.4 Å². The van der Waals surface area contributed by atoms with Crippen LogP contribution in [-0.2, 0) is 7.05 Å². The number of nitrogens with zero attached hydrogens (tertiary/aromatic N) is 6. The largest absolute Gasteiger partial charge is 0.507 e. The first-order chi connectivity index (χ1) is 16.4. The molecule has 0 radical (unpaired) electrons. The zero-order valence-electron chi connectivity index (χ0n) is 20.4. The van der Waals surface area contributed by atoms with Crippen molar-refractivity contribution in [3.05, 3.63) is 52.7 Å². The number of rotatable bonds is 3. The number of piperidine rings is 1. The van der Waals surface area contributed by atoms with Gasteiger partial charge in [-0.15, -0.1) is 15.3 Å². The summed E-state index contributed by atoms with van der Waals surface area (Å²) in [6.07, 6.45) is 3.26. The summed E-state index contributed by atoms with van der Waals surface area (Å²) < 4.78 is 18.2. The number of phenols is 1. The minimum absolute atomic E-state index is 0.0773. The smallest absolute Gasteiger partial charge is 0.250 e. The molecule has 1 saturated heterocycles. The van der Waals surface area contributed by atoms with Crippen molar-refractivity contribution in [3.8, 4) is 28.1 Å². The number of aromatic nitrogens is 6. The van der Waals surface area contributed by atoms with Crippen molar-refractivity contribution < 1.29 is 9.50 Å². The van der Waals surface area contributed by atoms with Gasteiger partial charge in [-0.2, -0.15) is 0 Å². The fourth-order valence-electron chi connectivity index (χ4n) is 5.27. The van der Waals surface area contributed by atoms with Crippen LogP contribution in [0.25, 0.3) is 33.5 Å². The van der Waals surface area contributed by atoms with Crippen LogP contribution in [0.2, 0.25) is 0 Å². The van der Waals surface area contributed by atoms with E-state index in [1.807, 2.05) is 4.68 Å². The van der Waals surface area contributed by atoms with Gasteiger partial charge in [0.2, 0.25) is 5.65 Å². The van der Waals surface area contributed by atoms with Crippen molar-refractivity contribution in [1.82, 2.24) is 35.1 Å². The maximum Gasteiger partial charge on any atom is 0.250 e. The van der Waals surface area contributed by atoms with Crippen molar-refractivity contribution >= 4 is 11.2 Å². The highest BCUT2D eigenvalue weighted by atomic mass is 19.1. The second kappa shape index (κ2) is 7.94. The lowest BCUT2D eigenvalue weighted by Gasteiger charge is -2.46. The molecule has 0 saturated carbocycles. The Kier molecular flexibility index (Phi) is 5.24. The average molecular weight is 478 g/mol. The van der Waals surface area contributed by atoms with Gasteiger partial charge in [-0.1, -0.05) is 5.21 Å². The Labute approximate surface area is 201 Å². The van der Waals surface area contributed by atoms with Gasteiger partial charge in [0, 0.05) is 41.5 Å². The number of halogens is 1. The third-order valence-corrected chi connectivity index (χ3v) is 6.51. The summed E-state index contributed by atoms with van der Waals surface area (Å²) in [5, 5.41) is 31.6. The molecule has 9 nitrogen and oxygen atoms in total. The fourth-order valence-corrected chi connectivity index (χ4v) is 5.27. The van der Waals surface area contributed by atoms with Gasteiger partial charge in [0.1, 0.15) is 17.1 Å². The van der Waals surface area contributed by atoms with Crippen LogP contribution in [0, 0.1) is 5.82 Å². The molecule has 0 atom stereocenters. The van der Waals surface area contributed by atoms with E-state index in [1.165, 1.54) is 22.8 Å². The van der Waals surface area contributed by atoms with Crippen molar-refractivity contribution in [1.29, 1.82) is 0 Å². The molecule has 0 spiro atoms. The fraction of sp³-hybridized carbons (Fsp3) is 0.400. The summed E-state index contributed by atoms with van der Waals surface area (Å²) >= 11 is 0. The minimum atomic E-state index is -0.587. The number of fused-ring (bicyclic) bond motifs is 1. The molecule has 0 amide bonds. The number of aryl methyl sites for hydroxylation is 1. The molecule has 4 aromatic rings. The van der Waals surface area contributed by atoms with E-state index in [1.54, 1.807) is 25.4 Å². The third kappa shape index (κ3) is 4.29. The lowest BCUT2D eigenvalue weighted by atomic mass is 9.80. The van der Waals surface area contributed by atoms with Crippen molar-refractivity contribution in [3.63, 3.8) is 0 Å². The molecule has 2 N–H and O–H groups in total. The van der Waals surface area contributed by atoms with E-state index in [2.05, 4.69) is 53.5 Å². The first-order valence-corrected chi connectivity index (χ1v) is 11.5. The standard InChI is InChI=1S/C25H28FN7O2/c1-24(2)12-15(13-25(3,4)30-24)33-23-20(28-31-33)11-19(27-29-23)17-9-18(26)16(10-21(17)34)14-6-7-32(5)22(35)8-14/h6-11,15,30,34H,12-13H2,1-5H3. The zero-order chi connectivity index (χ0) is 25.1. The number of hydrogen-bond acceptors (Lipinski definition) is 7. The minimum Gasteiger partial charge on any atom is -0.507 e. The van der Waals surface area contributed by atoms with Crippen LogP contribution in [0.3, 0.4) is 0 Å². The van der Waals surface area contributed by atoms with Gasteiger partial charge in [0.25, 0.3) is 5.56 Å². The first kappa shape index (κ1) is 23.1. The van der Waals surface area contributed by atoms with Crippen molar-refractivity contribution in [2.24, 2.45) is 7.05 Å². The van der Waals surface area contributed by atoms with E-state index in [4.69, 9.17) is 0 Å². The van der Waals surface area contributed by atoms with Gasteiger partial charge in [0.05, 0.1) is 11.7 Å². The van der Waals surface area contributed by atoms with Crippen LogP contribution in [0.4, 0.5) is 4.39 Å². The SMILES string of the molecule is Cn1ccc(-c2cc(O)c(-c3cc4nnn(C5CC(C)(C)NC(C)(C)C5)c4nn3)cc2F)cc1=O. The normalized spacial score (nSPS) is 17.7. The number of nitrogens with one attached hydrogen (secondary N) is 1. The Morgan fingerprint density at radius 1 is 1.03 bits per heavy atom. The molecule has 1 fully saturated rings. The van der Waals surface area contributed by atoms with Crippen molar-refractivity contribution in [2.45, 2.75) is 57.7 Å². The molecule has 3 aromatic heterocycles. The van der Waals surface area contributed by atoms with E-state index < -0.39 is 5.82 Å². The molecule has 4 heterocycles. The van der Waals surface area contributed by atoms with E-state index in [9.17, 15) is 9.90 Å². The number of hydrogen-bond donors (Lipinski definition) is 2. The molecular weight excluding hydrogens is 449 g/mol. The lowest BCUT2D eigenvalue weighted by molar-refractivity contribution is 0.127. The predicted molar refractivity (Wildman–Crippen MR) is 130 cm³/mol. The highest BCUT2D eigenvalue weighted by Gasteiger charge is 2.39. The Balaban J connectivity index is 1.51. The lowest BCUT2D eigenvalue weighted by Crippen LogP contribution is -2.58. The Bertz CT molecular complexity index is 1490. The second-order valence-electron chi connectivity index (χ2n) is 10.6. The summed E-state index contributed by atoms with van der Waals surface area (Å²) in [4.78, 5) is 12.0. The molecule has 1 aliphatic rings. The van der Waals surface area contributed by atoms with Crippen LogP contribution >= 0.6 is 0 Å². The molecule has 182 valence electrons. The summed E-state index contributed by atoms with van der Waals surface area (Å²) in [5.41, 5.74) is 1.60. The average Bonchev–Trinajstić information content (AvgIpc) is 3.18. The maximum atomic E-state index is 15.0. The quantitative estimate of drug-likeness (QED) is 0.464. The highest BCUT2D eigenvalue weighted by molar-refractivity contribution is 5.79. The first-order valence-electron chi connectivity index (χ1n) is 11.5. The molecule has 0 bridgehead atoms.